The van der Waals surface area contributed by atoms with Crippen molar-refractivity contribution in [1.82, 2.24) is 20.3 Å². The summed E-state index contributed by atoms with van der Waals surface area (Å²) in [5.41, 5.74) is 0.997. The molecule has 4 fully saturated rings. The van der Waals surface area contributed by atoms with Crippen LogP contribution >= 0.6 is 11.6 Å². The highest BCUT2D eigenvalue weighted by atomic mass is 35.5. The van der Waals surface area contributed by atoms with Crippen molar-refractivity contribution in [2.24, 2.45) is 56.7 Å². The van der Waals surface area contributed by atoms with Gasteiger partial charge in [-0.3, -0.25) is 19.2 Å². The van der Waals surface area contributed by atoms with Gasteiger partial charge in [0.2, 0.25) is 5.91 Å². The van der Waals surface area contributed by atoms with Gasteiger partial charge in [0.25, 0.3) is 0 Å². The number of amides is 1. The monoisotopic (exact) mass is 804 g/mol. The third-order valence-corrected chi connectivity index (χ3v) is 16.6. The molecule has 1 aromatic heterocycles. The van der Waals surface area contributed by atoms with Crippen LogP contribution in [0.1, 0.15) is 119 Å². The minimum Gasteiger partial charge on any atom is -0.465 e. The first-order valence-corrected chi connectivity index (χ1v) is 21.3. The molecule has 4 saturated carbocycles. The molecule has 0 unspecified atom stereocenters. The number of fused-ring (bicyclic) bond motifs is 7. The second-order valence-corrected chi connectivity index (χ2v) is 19.7. The van der Waals surface area contributed by atoms with Crippen molar-refractivity contribution >= 4 is 35.4 Å². The Balaban J connectivity index is 1.22. The molecule has 0 bridgehead atoms. The molecule has 12 heteroatoms. The summed E-state index contributed by atoms with van der Waals surface area (Å²) in [6.45, 7) is 18.5. The number of halogens is 1. The lowest BCUT2D eigenvalue weighted by molar-refractivity contribution is -0.255. The van der Waals surface area contributed by atoms with Gasteiger partial charge in [-0.05, 0) is 121 Å². The van der Waals surface area contributed by atoms with Gasteiger partial charge in [-0.25, -0.2) is 4.68 Å². The van der Waals surface area contributed by atoms with E-state index in [1.807, 2.05) is 37.4 Å². The fourth-order valence-corrected chi connectivity index (χ4v) is 13.5. The zero-order valence-electron chi connectivity index (χ0n) is 35.2. The van der Waals surface area contributed by atoms with Gasteiger partial charge in [0.05, 0.1) is 23.8 Å². The molecule has 310 valence electrons. The highest BCUT2D eigenvalue weighted by Gasteiger charge is 2.72. The summed E-state index contributed by atoms with van der Waals surface area (Å²) in [6, 6.07) is 7.40. The fraction of sp³-hybridized carbons (Fsp3) is 0.689. The summed E-state index contributed by atoms with van der Waals surface area (Å²) in [5, 5.41) is 12.7. The Kier molecular flexibility index (Phi) is 10.8. The Hall–Kier alpha value is -3.73. The van der Waals surface area contributed by atoms with E-state index in [9.17, 15) is 19.2 Å². The number of hydrogen-bond donors (Lipinski definition) is 1. The van der Waals surface area contributed by atoms with Crippen LogP contribution in [0.15, 0.2) is 42.1 Å². The van der Waals surface area contributed by atoms with Crippen LogP contribution in [0.5, 0.6) is 0 Å². The number of allylic oxidation sites excluding steroid dienone is 2. The van der Waals surface area contributed by atoms with E-state index in [1.54, 1.807) is 4.68 Å². The summed E-state index contributed by atoms with van der Waals surface area (Å²) in [4.78, 5) is 52.3. The minimum absolute atomic E-state index is 0.0249. The normalized spacial score (nSPS) is 39.5. The van der Waals surface area contributed by atoms with E-state index < -0.39 is 40.9 Å². The van der Waals surface area contributed by atoms with E-state index in [4.69, 9.17) is 25.8 Å². The van der Waals surface area contributed by atoms with Gasteiger partial charge in [0.15, 0.2) is 0 Å². The Labute approximate surface area is 342 Å². The number of aromatic nitrogens is 3. The van der Waals surface area contributed by atoms with Gasteiger partial charge in [-0.2, -0.15) is 0 Å². The molecule has 2 aromatic rings. The second kappa shape index (κ2) is 14.8. The van der Waals surface area contributed by atoms with Gasteiger partial charge in [-0.15, -0.1) is 5.10 Å². The first kappa shape index (κ1) is 41.4. The number of hydrogen-bond acceptors (Lipinski definition) is 9. The van der Waals surface area contributed by atoms with Crippen molar-refractivity contribution in [3.8, 4) is 5.69 Å². The second-order valence-electron chi connectivity index (χ2n) is 19.3. The van der Waals surface area contributed by atoms with Crippen LogP contribution in [0.4, 0.5) is 0 Å². The van der Waals surface area contributed by atoms with E-state index in [2.05, 4.69) is 56.3 Å². The third-order valence-electron chi connectivity index (χ3n) is 16.4. The molecule has 0 radical (unpaired) electrons. The van der Waals surface area contributed by atoms with Crippen molar-refractivity contribution in [1.29, 1.82) is 0 Å². The van der Waals surface area contributed by atoms with Crippen LogP contribution < -0.4 is 5.32 Å². The van der Waals surface area contributed by atoms with Gasteiger partial charge >= 0.3 is 17.9 Å². The Bertz CT molecular complexity index is 1950. The average molecular weight is 805 g/mol. The molecular formula is C45H61ClN4O7. The lowest BCUT2D eigenvalue weighted by Gasteiger charge is -2.72. The van der Waals surface area contributed by atoms with Gasteiger partial charge in [0, 0.05) is 31.2 Å². The maximum Gasteiger partial charge on any atom is 0.303 e. The van der Waals surface area contributed by atoms with Crippen LogP contribution in [0, 0.1) is 56.7 Å². The largest absolute Gasteiger partial charge is 0.465 e. The Morgan fingerprint density at radius 2 is 1.60 bits per heavy atom. The number of rotatable bonds is 8. The summed E-state index contributed by atoms with van der Waals surface area (Å²) < 4.78 is 19.5. The average Bonchev–Trinajstić information content (AvgIpc) is 3.62. The van der Waals surface area contributed by atoms with E-state index in [1.165, 1.54) is 26.3 Å². The van der Waals surface area contributed by atoms with Crippen molar-refractivity contribution in [2.75, 3.05) is 6.61 Å². The molecule has 1 heterocycles. The van der Waals surface area contributed by atoms with E-state index in [-0.39, 0.29) is 46.5 Å². The molecule has 57 heavy (non-hydrogen) atoms. The first-order valence-electron chi connectivity index (χ1n) is 20.9. The molecule has 1 aromatic carbocycles. The highest BCUT2D eigenvalue weighted by Crippen LogP contribution is 2.76. The predicted octanol–water partition coefficient (Wildman–Crippen LogP) is 8.21. The fourth-order valence-electron chi connectivity index (χ4n) is 13.4. The molecule has 12 atom stereocenters. The van der Waals surface area contributed by atoms with E-state index in [0.717, 1.165) is 50.6 Å². The summed E-state index contributed by atoms with van der Waals surface area (Å²) in [5.74, 6) is -0.0798. The molecule has 1 N–H and O–H groups in total. The molecule has 5 aliphatic rings. The molecule has 11 nitrogen and oxygen atoms in total. The number of esters is 3. The van der Waals surface area contributed by atoms with Crippen LogP contribution in [-0.4, -0.2) is 57.6 Å². The quantitative estimate of drug-likeness (QED) is 0.159. The molecular weight excluding hydrogens is 744 g/mol. The minimum atomic E-state index is -0.788. The first-order chi connectivity index (χ1) is 26.8. The topological polar surface area (TPSA) is 139 Å². The highest BCUT2D eigenvalue weighted by molar-refractivity contribution is 6.30. The Morgan fingerprint density at radius 3 is 2.26 bits per heavy atom. The number of nitrogens with one attached hydrogen (secondary N) is 1. The van der Waals surface area contributed by atoms with Crippen molar-refractivity contribution in [3.63, 3.8) is 0 Å². The van der Waals surface area contributed by atoms with Crippen molar-refractivity contribution in [2.45, 2.75) is 132 Å². The maximum atomic E-state index is 14.8. The smallest absolute Gasteiger partial charge is 0.303 e. The predicted molar refractivity (Wildman–Crippen MR) is 215 cm³/mol. The number of nitrogens with zero attached hydrogens (tertiary/aromatic N) is 3. The molecule has 5 aliphatic carbocycles. The summed E-state index contributed by atoms with van der Waals surface area (Å²) in [7, 11) is 0. The summed E-state index contributed by atoms with van der Waals surface area (Å²) in [6.07, 6.45) is 9.57. The van der Waals surface area contributed by atoms with E-state index >= 15 is 0 Å². The lowest BCUT2D eigenvalue weighted by Crippen LogP contribution is -2.69. The van der Waals surface area contributed by atoms with Gasteiger partial charge in [-0.1, -0.05) is 70.0 Å². The van der Waals surface area contributed by atoms with Crippen molar-refractivity contribution in [3.05, 3.63) is 52.8 Å². The van der Waals surface area contributed by atoms with Gasteiger partial charge in [0.1, 0.15) is 24.5 Å². The van der Waals surface area contributed by atoms with Crippen LogP contribution in [0.25, 0.3) is 5.69 Å². The Morgan fingerprint density at radius 1 is 0.895 bits per heavy atom. The molecule has 7 rings (SSSR count). The van der Waals surface area contributed by atoms with Crippen LogP contribution in [0.3, 0.4) is 0 Å². The molecule has 1 amide bonds. The lowest BCUT2D eigenvalue weighted by atomic mass is 9.33. The SMILES string of the molecule is CC(=O)OC[C@@]1(C)[C@@H]2CC[C@]3(C)[C@H](CC=C4[C@@H]5[C@@H](C)[C@H](C)CC[C@]5(C(=O)NCc5cn(-c6ccc(Cl)cc6)nn5)CC[C@]43C)[C@@]2(C)C[C@@H](OC(C)=O)[C@@H]1OC(C)=O. The van der Waals surface area contributed by atoms with Crippen LogP contribution in [-0.2, 0) is 39.9 Å². The number of carbonyl (C=O) groups is 4. The third kappa shape index (κ3) is 6.71. The van der Waals surface area contributed by atoms with Crippen LogP contribution in [0.2, 0.25) is 5.02 Å². The molecule has 0 spiro atoms. The molecule has 0 aliphatic heterocycles. The van der Waals surface area contributed by atoms with Gasteiger partial charge < -0.3 is 19.5 Å². The number of carbonyl (C=O) groups excluding carboxylic acids is 4. The number of benzene rings is 1. The number of ether oxygens (including phenoxy) is 3. The zero-order valence-corrected chi connectivity index (χ0v) is 35.9. The van der Waals surface area contributed by atoms with Crippen molar-refractivity contribution < 1.29 is 33.4 Å². The molecule has 0 saturated heterocycles. The van der Waals surface area contributed by atoms with E-state index in [0.29, 0.717) is 35.5 Å². The zero-order chi connectivity index (χ0) is 41.3. The maximum absolute atomic E-state index is 14.8. The standard InChI is InChI=1S/C45H61ClN4O7/c1-26-16-19-45(40(54)47-23-32-24-50(49-48-32)33-12-10-31(46)11-13-33)21-20-43(8)34(38(45)27(26)2)14-15-37-41(6)22-35(56-29(4)52)39(57-30(5)53)42(7,25-55-28(3)51)36(41)17-18-44(37,43)9/h10-14,24,26-27,35-39H,15-23,25H2,1-9H3,(H,47,54)/t26-,27+,35-,36-,37-,38+,39+,41+,42+,43-,44-,45+/m1/s1. The summed E-state index contributed by atoms with van der Waals surface area (Å²) >= 11 is 6.09.